The third kappa shape index (κ3) is 4.19. The van der Waals surface area contributed by atoms with Crippen LogP contribution in [0.3, 0.4) is 0 Å². The lowest BCUT2D eigenvalue weighted by Crippen LogP contribution is -2.51. The van der Waals surface area contributed by atoms with Gasteiger partial charge in [0.05, 0.1) is 25.5 Å². The molecule has 0 aromatic carbocycles. The number of hydrogen-bond acceptors (Lipinski definition) is 5. The highest BCUT2D eigenvalue weighted by molar-refractivity contribution is 6.00. The number of anilines is 1. The maximum absolute atomic E-state index is 12.5. The highest BCUT2D eigenvalue weighted by Gasteiger charge is 2.32. The minimum Gasteiger partial charge on any atom is -0.379 e. The summed E-state index contributed by atoms with van der Waals surface area (Å²) in [6.07, 6.45) is 1.27. The van der Waals surface area contributed by atoms with E-state index in [9.17, 15) is 9.59 Å². The number of morpholine rings is 1. The van der Waals surface area contributed by atoms with Crippen molar-refractivity contribution in [2.24, 2.45) is 0 Å². The van der Waals surface area contributed by atoms with E-state index in [1.54, 1.807) is 16.5 Å². The topological polar surface area (TPSA) is 79.7 Å². The number of nitrogens with one attached hydrogen (secondary N) is 1. The molecule has 1 N–H and O–H groups in total. The Bertz CT molecular complexity index is 624. The number of aryl methyl sites for hydroxylation is 2. The van der Waals surface area contributed by atoms with Crippen LogP contribution in [0.25, 0.3) is 0 Å². The van der Waals surface area contributed by atoms with Crippen LogP contribution in [-0.2, 0) is 20.9 Å². The van der Waals surface area contributed by atoms with Gasteiger partial charge in [0.1, 0.15) is 11.9 Å². The Morgan fingerprint density at radius 2 is 2.12 bits per heavy atom. The first-order valence-electron chi connectivity index (χ1n) is 9.00. The van der Waals surface area contributed by atoms with Crippen LogP contribution in [0.4, 0.5) is 5.82 Å². The molecule has 1 atom stereocenters. The smallest absolute Gasteiger partial charge is 0.242 e. The van der Waals surface area contributed by atoms with Crippen molar-refractivity contribution in [2.75, 3.05) is 44.3 Å². The van der Waals surface area contributed by atoms with Gasteiger partial charge < -0.3 is 10.1 Å². The number of hydrogen-bond donors (Lipinski definition) is 1. The highest BCUT2D eigenvalue weighted by Crippen LogP contribution is 2.24. The average molecular weight is 349 g/mol. The lowest BCUT2D eigenvalue weighted by Gasteiger charge is -2.32. The maximum Gasteiger partial charge on any atom is 0.242 e. The molecular weight excluding hydrogens is 322 g/mol. The molecule has 1 unspecified atom stereocenters. The average Bonchev–Trinajstić information content (AvgIpc) is 2.99. The van der Waals surface area contributed by atoms with Crippen LogP contribution in [0, 0.1) is 6.92 Å². The number of ether oxygens (including phenoxy) is 1. The molecule has 0 spiro atoms. The molecule has 25 heavy (non-hydrogen) atoms. The number of aromatic nitrogens is 2. The molecule has 8 nitrogen and oxygen atoms in total. The summed E-state index contributed by atoms with van der Waals surface area (Å²) < 4.78 is 7.13. The molecule has 1 aromatic heterocycles. The first-order valence-corrected chi connectivity index (χ1v) is 9.00. The molecule has 0 radical (unpaired) electrons. The summed E-state index contributed by atoms with van der Waals surface area (Å²) >= 11 is 0. The molecule has 2 amide bonds. The summed E-state index contributed by atoms with van der Waals surface area (Å²) in [6, 6.07) is 1.32. The molecule has 3 rings (SSSR count). The van der Waals surface area contributed by atoms with Crippen molar-refractivity contribution in [3.63, 3.8) is 0 Å². The second kappa shape index (κ2) is 7.97. The molecule has 2 aliphatic heterocycles. The molecule has 0 aliphatic carbocycles. The van der Waals surface area contributed by atoms with Gasteiger partial charge in [-0.25, -0.2) is 4.68 Å². The van der Waals surface area contributed by atoms with E-state index < -0.39 is 6.04 Å². The quantitative estimate of drug-likeness (QED) is 0.740. The maximum atomic E-state index is 12.5. The number of fused-ring (bicyclic) bond motifs is 1. The van der Waals surface area contributed by atoms with E-state index in [-0.39, 0.29) is 11.8 Å². The van der Waals surface area contributed by atoms with E-state index >= 15 is 0 Å². The second-order valence-electron chi connectivity index (χ2n) is 6.66. The molecule has 1 saturated heterocycles. The third-order valence-electron chi connectivity index (χ3n) is 4.75. The SMILES string of the molecule is Cc1cc2n(n1)CCC(=O)N2C(C)C(=O)NCCCN1CCOCC1. The van der Waals surface area contributed by atoms with Crippen LogP contribution in [0.2, 0.25) is 0 Å². The lowest BCUT2D eigenvalue weighted by molar-refractivity contribution is -0.126. The van der Waals surface area contributed by atoms with Crippen LogP contribution in [0.5, 0.6) is 0 Å². The first kappa shape index (κ1) is 17.9. The zero-order valence-electron chi connectivity index (χ0n) is 15.0. The third-order valence-corrected chi connectivity index (χ3v) is 4.75. The monoisotopic (exact) mass is 349 g/mol. The van der Waals surface area contributed by atoms with Gasteiger partial charge in [0.2, 0.25) is 11.8 Å². The van der Waals surface area contributed by atoms with Crippen molar-refractivity contribution in [3.8, 4) is 0 Å². The predicted octanol–water partition coefficient (Wildman–Crippen LogP) is 0.155. The van der Waals surface area contributed by atoms with Crippen LogP contribution in [0.1, 0.15) is 25.5 Å². The van der Waals surface area contributed by atoms with Crippen LogP contribution >= 0.6 is 0 Å². The fourth-order valence-electron chi connectivity index (χ4n) is 3.36. The second-order valence-corrected chi connectivity index (χ2v) is 6.66. The molecule has 2 aliphatic rings. The summed E-state index contributed by atoms with van der Waals surface area (Å²) in [5, 5.41) is 7.34. The minimum atomic E-state index is -0.536. The minimum absolute atomic E-state index is 0.0247. The number of amides is 2. The summed E-state index contributed by atoms with van der Waals surface area (Å²) in [7, 11) is 0. The zero-order chi connectivity index (χ0) is 17.8. The van der Waals surface area contributed by atoms with E-state index in [0.29, 0.717) is 25.3 Å². The zero-order valence-corrected chi connectivity index (χ0v) is 15.0. The molecular formula is C17H27N5O3. The Hall–Kier alpha value is -1.93. The fourth-order valence-corrected chi connectivity index (χ4v) is 3.36. The highest BCUT2D eigenvalue weighted by atomic mass is 16.5. The molecule has 3 heterocycles. The fraction of sp³-hybridized carbons (Fsp3) is 0.706. The van der Waals surface area contributed by atoms with Gasteiger partial charge in [-0.15, -0.1) is 0 Å². The Balaban J connectivity index is 1.50. The van der Waals surface area contributed by atoms with Gasteiger partial charge in [-0.2, -0.15) is 5.10 Å². The Morgan fingerprint density at radius 3 is 2.88 bits per heavy atom. The molecule has 138 valence electrons. The van der Waals surface area contributed by atoms with Gasteiger partial charge >= 0.3 is 0 Å². The molecule has 1 fully saturated rings. The van der Waals surface area contributed by atoms with Gasteiger partial charge in [0.25, 0.3) is 0 Å². The largest absolute Gasteiger partial charge is 0.379 e. The molecule has 1 aromatic rings. The summed E-state index contributed by atoms with van der Waals surface area (Å²) in [5.41, 5.74) is 0.854. The van der Waals surface area contributed by atoms with Crippen LogP contribution < -0.4 is 10.2 Å². The van der Waals surface area contributed by atoms with Crippen molar-refractivity contribution in [1.29, 1.82) is 0 Å². The van der Waals surface area contributed by atoms with Gasteiger partial charge in [0, 0.05) is 32.1 Å². The van der Waals surface area contributed by atoms with Gasteiger partial charge in [-0.1, -0.05) is 0 Å². The summed E-state index contributed by atoms with van der Waals surface area (Å²) in [6.45, 7) is 9.28. The van der Waals surface area contributed by atoms with Crippen molar-refractivity contribution in [3.05, 3.63) is 11.8 Å². The summed E-state index contributed by atoms with van der Waals surface area (Å²) in [4.78, 5) is 28.7. The molecule has 0 bridgehead atoms. The van der Waals surface area contributed by atoms with E-state index in [4.69, 9.17) is 4.74 Å². The van der Waals surface area contributed by atoms with E-state index in [1.807, 2.05) is 13.0 Å². The van der Waals surface area contributed by atoms with E-state index in [1.165, 1.54) is 0 Å². The number of carbonyl (C=O) groups excluding carboxylic acids is 2. The van der Waals surface area contributed by atoms with Crippen molar-refractivity contribution >= 4 is 17.6 Å². The predicted molar refractivity (Wildman–Crippen MR) is 93.4 cm³/mol. The lowest BCUT2D eigenvalue weighted by atomic mass is 10.2. The van der Waals surface area contributed by atoms with Gasteiger partial charge in [0.15, 0.2) is 0 Å². The number of carbonyl (C=O) groups is 2. The molecule has 0 saturated carbocycles. The normalized spacial score (nSPS) is 19.6. The number of rotatable bonds is 6. The Kier molecular flexibility index (Phi) is 5.70. The van der Waals surface area contributed by atoms with Gasteiger partial charge in [-0.3, -0.25) is 19.4 Å². The van der Waals surface area contributed by atoms with Crippen LogP contribution in [-0.4, -0.2) is 71.9 Å². The molecule has 8 heteroatoms. The van der Waals surface area contributed by atoms with E-state index in [2.05, 4.69) is 15.3 Å². The van der Waals surface area contributed by atoms with Crippen molar-refractivity contribution < 1.29 is 14.3 Å². The van der Waals surface area contributed by atoms with Gasteiger partial charge in [-0.05, 0) is 26.8 Å². The van der Waals surface area contributed by atoms with Crippen molar-refractivity contribution in [1.82, 2.24) is 20.0 Å². The Labute approximate surface area is 148 Å². The van der Waals surface area contributed by atoms with E-state index in [0.717, 1.165) is 45.0 Å². The Morgan fingerprint density at radius 1 is 1.36 bits per heavy atom. The summed E-state index contributed by atoms with van der Waals surface area (Å²) in [5.74, 6) is 0.565. The van der Waals surface area contributed by atoms with Crippen LogP contribution in [0.15, 0.2) is 6.07 Å². The number of nitrogens with zero attached hydrogens (tertiary/aromatic N) is 4. The first-order chi connectivity index (χ1) is 12.1. The standard InChI is InChI=1S/C17H27N5O3/c1-13-12-15-21(19-13)7-4-16(23)22(15)14(2)17(24)18-5-3-6-20-8-10-25-11-9-20/h12,14H,3-11H2,1-2H3,(H,18,24). The van der Waals surface area contributed by atoms with Crippen molar-refractivity contribution in [2.45, 2.75) is 39.3 Å².